The van der Waals surface area contributed by atoms with Crippen molar-refractivity contribution >= 4 is 11.7 Å². The summed E-state index contributed by atoms with van der Waals surface area (Å²) in [5, 5.41) is 8.64. The van der Waals surface area contributed by atoms with E-state index in [1.807, 2.05) is 13.8 Å². The van der Waals surface area contributed by atoms with Crippen molar-refractivity contribution in [3.05, 3.63) is 17.6 Å². The molecule has 1 aromatic heterocycles. The summed E-state index contributed by atoms with van der Waals surface area (Å²) in [6.07, 6.45) is 0.706. The highest BCUT2D eigenvalue weighted by atomic mass is 16.4. The minimum Gasteiger partial charge on any atom is -0.475 e. The van der Waals surface area contributed by atoms with Crippen LogP contribution in [0.25, 0.3) is 0 Å². The summed E-state index contributed by atoms with van der Waals surface area (Å²) in [6, 6.07) is 1.57. The van der Waals surface area contributed by atoms with Crippen LogP contribution in [-0.2, 0) is 6.42 Å². The highest BCUT2D eigenvalue weighted by Gasteiger charge is 2.15. The quantitative estimate of drug-likeness (QED) is 0.748. The van der Waals surface area contributed by atoms with Crippen LogP contribution >= 0.6 is 0 Å². The van der Waals surface area contributed by atoms with E-state index in [1.165, 1.54) is 0 Å². The van der Waals surface area contributed by atoms with Crippen molar-refractivity contribution in [1.29, 1.82) is 0 Å². The minimum atomic E-state index is -1.12. The van der Waals surface area contributed by atoms with Crippen LogP contribution in [0.2, 0.25) is 0 Å². The second-order valence-electron chi connectivity index (χ2n) is 3.40. The molecule has 0 saturated heterocycles. The van der Waals surface area contributed by atoms with E-state index in [0.717, 1.165) is 0 Å². The Balaban J connectivity index is 2.89. The zero-order valence-electron chi connectivity index (χ0n) is 7.70. The number of furan rings is 1. The zero-order chi connectivity index (χ0) is 10.0. The second kappa shape index (κ2) is 3.51. The predicted molar refractivity (Wildman–Crippen MR) is 48.6 cm³/mol. The third-order valence-electron chi connectivity index (χ3n) is 1.62. The van der Waals surface area contributed by atoms with Gasteiger partial charge in [0.2, 0.25) is 5.76 Å². The summed E-state index contributed by atoms with van der Waals surface area (Å²) < 4.78 is 5.06. The lowest BCUT2D eigenvalue weighted by atomic mass is 10.1. The average Bonchev–Trinajstić information content (AvgIpc) is 2.29. The van der Waals surface area contributed by atoms with E-state index < -0.39 is 5.97 Å². The van der Waals surface area contributed by atoms with E-state index in [0.29, 0.717) is 18.1 Å². The van der Waals surface area contributed by atoms with E-state index >= 15 is 0 Å². The summed E-state index contributed by atoms with van der Waals surface area (Å²) in [4.78, 5) is 10.5. The Morgan fingerprint density at radius 1 is 1.69 bits per heavy atom. The molecule has 3 N–H and O–H groups in total. The Labute approximate surface area is 76.3 Å². The Morgan fingerprint density at radius 3 is 2.69 bits per heavy atom. The number of carboxylic acids is 1. The normalized spacial score (nSPS) is 10.7. The van der Waals surface area contributed by atoms with Gasteiger partial charge in [0.05, 0.1) is 5.69 Å². The molecule has 0 atom stereocenters. The molecule has 0 aromatic carbocycles. The highest BCUT2D eigenvalue weighted by molar-refractivity contribution is 5.90. The lowest BCUT2D eigenvalue weighted by molar-refractivity contribution is 0.0661. The van der Waals surface area contributed by atoms with Gasteiger partial charge in [-0.15, -0.1) is 0 Å². The average molecular weight is 183 g/mol. The van der Waals surface area contributed by atoms with Crippen molar-refractivity contribution in [1.82, 2.24) is 0 Å². The molecule has 4 heteroatoms. The van der Waals surface area contributed by atoms with Gasteiger partial charge in [0.1, 0.15) is 5.76 Å². The van der Waals surface area contributed by atoms with Crippen LogP contribution in [0.1, 0.15) is 30.2 Å². The van der Waals surface area contributed by atoms with Crippen LogP contribution < -0.4 is 5.73 Å². The Morgan fingerprint density at radius 2 is 2.31 bits per heavy atom. The van der Waals surface area contributed by atoms with Crippen molar-refractivity contribution in [2.24, 2.45) is 5.92 Å². The van der Waals surface area contributed by atoms with Crippen molar-refractivity contribution in [3.8, 4) is 0 Å². The third kappa shape index (κ3) is 2.24. The van der Waals surface area contributed by atoms with Crippen LogP contribution in [0.3, 0.4) is 0 Å². The molecule has 0 fully saturated rings. The van der Waals surface area contributed by atoms with Gasteiger partial charge < -0.3 is 15.3 Å². The number of aromatic carboxylic acids is 1. The molecule has 0 aliphatic rings. The van der Waals surface area contributed by atoms with Crippen molar-refractivity contribution in [3.63, 3.8) is 0 Å². The molecule has 0 radical (unpaired) electrons. The summed E-state index contributed by atoms with van der Waals surface area (Å²) in [5.41, 5.74) is 5.64. The zero-order valence-corrected chi connectivity index (χ0v) is 7.70. The van der Waals surface area contributed by atoms with Gasteiger partial charge in [-0.25, -0.2) is 4.79 Å². The fourth-order valence-electron chi connectivity index (χ4n) is 1.13. The van der Waals surface area contributed by atoms with Gasteiger partial charge in [0.25, 0.3) is 0 Å². The van der Waals surface area contributed by atoms with Gasteiger partial charge >= 0.3 is 5.97 Å². The highest BCUT2D eigenvalue weighted by Crippen LogP contribution is 2.19. The first-order valence-electron chi connectivity index (χ1n) is 4.12. The maximum absolute atomic E-state index is 10.5. The van der Waals surface area contributed by atoms with Crippen LogP contribution in [0, 0.1) is 5.92 Å². The van der Waals surface area contributed by atoms with E-state index in [9.17, 15) is 4.79 Å². The van der Waals surface area contributed by atoms with Crippen molar-refractivity contribution in [2.45, 2.75) is 20.3 Å². The molecule has 0 amide bonds. The molecule has 72 valence electrons. The molecule has 0 spiro atoms. The summed E-state index contributed by atoms with van der Waals surface area (Å²) in [5.74, 6) is -0.222. The molecule has 13 heavy (non-hydrogen) atoms. The third-order valence-corrected chi connectivity index (χ3v) is 1.62. The molecule has 1 heterocycles. The summed E-state index contributed by atoms with van der Waals surface area (Å²) >= 11 is 0. The molecule has 0 aliphatic heterocycles. The van der Waals surface area contributed by atoms with Gasteiger partial charge in [0, 0.05) is 12.5 Å². The molecule has 0 aliphatic carbocycles. The maximum atomic E-state index is 10.5. The monoisotopic (exact) mass is 183 g/mol. The smallest absolute Gasteiger partial charge is 0.374 e. The second-order valence-corrected chi connectivity index (χ2v) is 3.40. The number of hydrogen-bond donors (Lipinski definition) is 2. The molecular weight excluding hydrogens is 170 g/mol. The molecule has 0 saturated carbocycles. The van der Waals surface area contributed by atoms with Crippen molar-refractivity contribution in [2.75, 3.05) is 5.73 Å². The molecule has 0 unspecified atom stereocenters. The molecule has 1 rings (SSSR count). The van der Waals surface area contributed by atoms with E-state index in [1.54, 1.807) is 6.07 Å². The molecule has 0 bridgehead atoms. The Bertz CT molecular complexity index is 315. The molecule has 1 aromatic rings. The van der Waals surface area contributed by atoms with E-state index in [4.69, 9.17) is 15.3 Å². The van der Waals surface area contributed by atoms with E-state index in [2.05, 4.69) is 0 Å². The van der Waals surface area contributed by atoms with Gasteiger partial charge in [0.15, 0.2) is 0 Å². The standard InChI is InChI=1S/C9H13NO3/c1-5(2)3-6-4-7(10)8(13-6)9(11)12/h4-5H,3,10H2,1-2H3,(H,11,12). The largest absolute Gasteiger partial charge is 0.475 e. The first-order chi connectivity index (χ1) is 6.00. The summed E-state index contributed by atoms with van der Waals surface area (Å²) in [7, 11) is 0. The lowest BCUT2D eigenvalue weighted by Gasteiger charge is -1.98. The first-order valence-corrected chi connectivity index (χ1v) is 4.12. The topological polar surface area (TPSA) is 76.5 Å². The summed E-state index contributed by atoms with van der Waals surface area (Å²) in [6.45, 7) is 4.05. The fraction of sp³-hybridized carbons (Fsp3) is 0.444. The first kappa shape index (κ1) is 9.64. The predicted octanol–water partition coefficient (Wildman–Crippen LogP) is 1.76. The van der Waals surface area contributed by atoms with E-state index in [-0.39, 0.29) is 11.4 Å². The Kier molecular flexibility index (Phi) is 2.60. The van der Waals surface area contributed by atoms with Gasteiger partial charge in [-0.1, -0.05) is 13.8 Å². The minimum absolute atomic E-state index is 0.157. The maximum Gasteiger partial charge on any atom is 0.374 e. The van der Waals surface area contributed by atoms with Crippen molar-refractivity contribution < 1.29 is 14.3 Å². The number of nitrogens with two attached hydrogens (primary N) is 1. The fourth-order valence-corrected chi connectivity index (χ4v) is 1.13. The van der Waals surface area contributed by atoms with Crippen LogP contribution in [-0.4, -0.2) is 11.1 Å². The van der Waals surface area contributed by atoms with Crippen LogP contribution in [0.5, 0.6) is 0 Å². The van der Waals surface area contributed by atoms with Crippen LogP contribution in [0.4, 0.5) is 5.69 Å². The number of rotatable bonds is 3. The number of nitrogen functional groups attached to an aromatic ring is 1. The van der Waals surface area contributed by atoms with Gasteiger partial charge in [-0.05, 0) is 5.92 Å². The number of hydrogen-bond acceptors (Lipinski definition) is 3. The lowest BCUT2D eigenvalue weighted by Crippen LogP contribution is -1.97. The molecule has 4 nitrogen and oxygen atoms in total. The number of anilines is 1. The Hall–Kier alpha value is -1.45. The van der Waals surface area contributed by atoms with Gasteiger partial charge in [-0.3, -0.25) is 0 Å². The number of carboxylic acid groups (broad SMARTS) is 1. The molecular formula is C9H13NO3. The SMILES string of the molecule is CC(C)Cc1cc(N)c(C(=O)O)o1. The number of carbonyl (C=O) groups is 1. The van der Waals surface area contributed by atoms with Crippen LogP contribution in [0.15, 0.2) is 10.5 Å². The van der Waals surface area contributed by atoms with Gasteiger partial charge in [-0.2, -0.15) is 0 Å².